The summed E-state index contributed by atoms with van der Waals surface area (Å²) >= 11 is 3.45. The summed E-state index contributed by atoms with van der Waals surface area (Å²) in [4.78, 5) is 15.1. The number of carbonyl (C=O) groups excluding carboxylic acids is 1. The lowest BCUT2D eigenvalue weighted by atomic mass is 10.1. The number of para-hydroxylation sites is 1. The van der Waals surface area contributed by atoms with Gasteiger partial charge in [-0.2, -0.15) is 0 Å². The summed E-state index contributed by atoms with van der Waals surface area (Å²) in [6.07, 6.45) is 3.63. The third-order valence-corrected chi connectivity index (χ3v) is 4.44. The van der Waals surface area contributed by atoms with E-state index in [1.54, 1.807) is 0 Å². The Morgan fingerprint density at radius 3 is 2.62 bits per heavy atom. The van der Waals surface area contributed by atoms with Crippen LogP contribution in [0.1, 0.15) is 11.1 Å². The molecule has 0 radical (unpaired) electrons. The number of rotatable bonds is 6. The van der Waals surface area contributed by atoms with Gasteiger partial charge in [0.05, 0.1) is 0 Å². The van der Waals surface area contributed by atoms with E-state index in [9.17, 15) is 4.79 Å². The fraction of sp³-hybridized carbons (Fsp3) is 0.211. The van der Waals surface area contributed by atoms with E-state index in [0.29, 0.717) is 13.1 Å². The largest absolute Gasteiger partial charge is 0.361 e. The average Bonchev–Trinajstić information content (AvgIpc) is 2.98. The molecule has 3 aromatic rings. The molecule has 0 saturated carbocycles. The van der Waals surface area contributed by atoms with Crippen molar-refractivity contribution >= 4 is 32.9 Å². The summed E-state index contributed by atoms with van der Waals surface area (Å²) in [6, 6.07) is 16.2. The Balaban J connectivity index is 1.40. The maximum absolute atomic E-state index is 11.9. The molecular formula is C19H20BrN3O. The predicted molar refractivity (Wildman–Crippen MR) is 101 cm³/mol. The molecule has 3 N–H and O–H groups in total. The van der Waals surface area contributed by atoms with Crippen molar-refractivity contribution in [3.8, 4) is 0 Å². The van der Waals surface area contributed by atoms with E-state index in [2.05, 4.69) is 55.8 Å². The number of amides is 2. The van der Waals surface area contributed by atoms with Crippen LogP contribution in [-0.2, 0) is 12.8 Å². The van der Waals surface area contributed by atoms with Crippen LogP contribution in [0.25, 0.3) is 10.9 Å². The van der Waals surface area contributed by atoms with Crippen LogP contribution in [0.2, 0.25) is 0 Å². The van der Waals surface area contributed by atoms with Crippen LogP contribution in [0.5, 0.6) is 0 Å². The first kappa shape index (κ1) is 16.6. The second kappa shape index (κ2) is 8.02. The van der Waals surface area contributed by atoms with Gasteiger partial charge < -0.3 is 15.6 Å². The molecule has 0 bridgehead atoms. The lowest BCUT2D eigenvalue weighted by Gasteiger charge is -2.08. The van der Waals surface area contributed by atoms with Gasteiger partial charge in [-0.05, 0) is 42.2 Å². The quantitative estimate of drug-likeness (QED) is 0.589. The van der Waals surface area contributed by atoms with E-state index in [0.717, 1.165) is 22.8 Å². The van der Waals surface area contributed by atoms with Crippen LogP contribution < -0.4 is 10.6 Å². The van der Waals surface area contributed by atoms with Crippen molar-refractivity contribution in [1.29, 1.82) is 0 Å². The third-order valence-electron chi connectivity index (χ3n) is 3.94. The van der Waals surface area contributed by atoms with Crippen LogP contribution in [0.3, 0.4) is 0 Å². The number of aromatic amines is 1. The Morgan fingerprint density at radius 2 is 1.79 bits per heavy atom. The highest BCUT2D eigenvalue weighted by Crippen LogP contribution is 2.17. The highest BCUT2D eigenvalue weighted by Gasteiger charge is 2.04. The van der Waals surface area contributed by atoms with Crippen molar-refractivity contribution < 1.29 is 4.79 Å². The number of hydrogen-bond acceptors (Lipinski definition) is 1. The Labute approximate surface area is 149 Å². The first-order chi connectivity index (χ1) is 11.7. The second-order valence-electron chi connectivity index (χ2n) is 5.67. The van der Waals surface area contributed by atoms with E-state index in [4.69, 9.17) is 0 Å². The zero-order valence-electron chi connectivity index (χ0n) is 13.3. The van der Waals surface area contributed by atoms with Crippen molar-refractivity contribution in [2.24, 2.45) is 0 Å². The Bertz CT molecular complexity index is 828. The van der Waals surface area contributed by atoms with Crippen LogP contribution in [0.15, 0.2) is 59.2 Å². The molecule has 3 rings (SSSR count). The number of fused-ring (bicyclic) bond motifs is 1. The number of urea groups is 1. The minimum atomic E-state index is -0.121. The molecular weight excluding hydrogens is 366 g/mol. The summed E-state index contributed by atoms with van der Waals surface area (Å²) < 4.78 is 1.06. The third kappa shape index (κ3) is 4.38. The SMILES string of the molecule is O=C(NCCc1cccc(Br)c1)NCCc1c[nH]c2ccccc12. The van der Waals surface area contributed by atoms with Gasteiger partial charge in [-0.25, -0.2) is 4.79 Å². The van der Waals surface area contributed by atoms with Gasteiger partial charge in [-0.15, -0.1) is 0 Å². The van der Waals surface area contributed by atoms with Crippen molar-refractivity contribution in [1.82, 2.24) is 15.6 Å². The number of hydrogen-bond donors (Lipinski definition) is 3. The zero-order valence-corrected chi connectivity index (χ0v) is 14.9. The van der Waals surface area contributed by atoms with E-state index in [-0.39, 0.29) is 6.03 Å². The summed E-state index contributed by atoms with van der Waals surface area (Å²) in [7, 11) is 0. The minimum Gasteiger partial charge on any atom is -0.361 e. The molecule has 0 aliphatic rings. The fourth-order valence-electron chi connectivity index (χ4n) is 2.72. The lowest BCUT2D eigenvalue weighted by Crippen LogP contribution is -2.37. The van der Waals surface area contributed by atoms with Gasteiger partial charge in [-0.3, -0.25) is 0 Å². The van der Waals surface area contributed by atoms with Crippen molar-refractivity contribution in [3.05, 3.63) is 70.3 Å². The predicted octanol–water partition coefficient (Wildman–Crippen LogP) is 4.01. The highest BCUT2D eigenvalue weighted by molar-refractivity contribution is 9.10. The summed E-state index contributed by atoms with van der Waals surface area (Å²) in [6.45, 7) is 1.24. The molecule has 0 aliphatic heterocycles. The molecule has 1 aromatic heterocycles. The lowest BCUT2D eigenvalue weighted by molar-refractivity contribution is 0.241. The van der Waals surface area contributed by atoms with E-state index in [1.807, 2.05) is 30.5 Å². The molecule has 0 spiro atoms. The van der Waals surface area contributed by atoms with Gasteiger partial charge in [0.1, 0.15) is 0 Å². The molecule has 0 atom stereocenters. The molecule has 2 amide bonds. The topological polar surface area (TPSA) is 56.9 Å². The van der Waals surface area contributed by atoms with E-state index >= 15 is 0 Å². The molecule has 5 heteroatoms. The molecule has 2 aromatic carbocycles. The Morgan fingerprint density at radius 1 is 1.00 bits per heavy atom. The zero-order chi connectivity index (χ0) is 16.8. The normalized spacial score (nSPS) is 10.7. The Kier molecular flexibility index (Phi) is 5.54. The Hall–Kier alpha value is -2.27. The average molecular weight is 386 g/mol. The maximum atomic E-state index is 11.9. The minimum absolute atomic E-state index is 0.121. The van der Waals surface area contributed by atoms with Gasteiger partial charge in [-0.1, -0.05) is 46.3 Å². The number of nitrogens with one attached hydrogen (secondary N) is 3. The van der Waals surface area contributed by atoms with Gasteiger partial charge in [0.2, 0.25) is 0 Å². The standard InChI is InChI=1S/C19H20BrN3O/c20-16-5-3-4-14(12-16)8-10-21-19(24)22-11-9-15-13-23-18-7-2-1-6-17(15)18/h1-7,12-13,23H,8-11H2,(H2,21,22,24). The molecule has 0 saturated heterocycles. The van der Waals surface area contributed by atoms with E-state index in [1.165, 1.54) is 16.5 Å². The number of carbonyl (C=O) groups is 1. The fourth-order valence-corrected chi connectivity index (χ4v) is 3.17. The number of aromatic nitrogens is 1. The summed E-state index contributed by atoms with van der Waals surface area (Å²) in [5, 5.41) is 7.02. The van der Waals surface area contributed by atoms with E-state index < -0.39 is 0 Å². The molecule has 124 valence electrons. The summed E-state index contributed by atoms with van der Waals surface area (Å²) in [5.74, 6) is 0. The smallest absolute Gasteiger partial charge is 0.314 e. The van der Waals surface area contributed by atoms with Crippen molar-refractivity contribution in [2.75, 3.05) is 13.1 Å². The van der Waals surface area contributed by atoms with Gasteiger partial charge in [0, 0.05) is 34.7 Å². The monoisotopic (exact) mass is 385 g/mol. The maximum Gasteiger partial charge on any atom is 0.314 e. The first-order valence-electron chi connectivity index (χ1n) is 8.03. The van der Waals surface area contributed by atoms with Gasteiger partial charge >= 0.3 is 6.03 Å². The van der Waals surface area contributed by atoms with Gasteiger partial charge in [0.25, 0.3) is 0 Å². The van der Waals surface area contributed by atoms with Crippen LogP contribution >= 0.6 is 15.9 Å². The molecule has 0 unspecified atom stereocenters. The molecule has 0 fully saturated rings. The number of halogens is 1. The highest BCUT2D eigenvalue weighted by atomic mass is 79.9. The van der Waals surface area contributed by atoms with Gasteiger partial charge in [0.15, 0.2) is 0 Å². The molecule has 1 heterocycles. The second-order valence-corrected chi connectivity index (χ2v) is 6.59. The number of H-pyrrole nitrogens is 1. The van der Waals surface area contributed by atoms with Crippen LogP contribution in [-0.4, -0.2) is 24.1 Å². The molecule has 4 nitrogen and oxygen atoms in total. The first-order valence-corrected chi connectivity index (χ1v) is 8.83. The summed E-state index contributed by atoms with van der Waals surface area (Å²) in [5.41, 5.74) is 3.55. The number of benzene rings is 2. The van der Waals surface area contributed by atoms with Crippen molar-refractivity contribution in [3.63, 3.8) is 0 Å². The molecule has 24 heavy (non-hydrogen) atoms. The van der Waals surface area contributed by atoms with Crippen LogP contribution in [0, 0.1) is 0 Å². The molecule has 0 aliphatic carbocycles. The van der Waals surface area contributed by atoms with Crippen LogP contribution in [0.4, 0.5) is 4.79 Å². The van der Waals surface area contributed by atoms with Crippen molar-refractivity contribution in [2.45, 2.75) is 12.8 Å².